The van der Waals surface area contributed by atoms with Gasteiger partial charge in [-0.2, -0.15) is 0 Å². The standard InChI is InChI=1S/C13H14BrNO2S/c1-17-10-4-2-3-9(7-10)15-12(8-16)13-11(14)5-6-18-13/h2-7,12,15-16H,8H2,1H3. The van der Waals surface area contributed by atoms with Crippen LogP contribution in [0.1, 0.15) is 10.9 Å². The van der Waals surface area contributed by atoms with Gasteiger partial charge < -0.3 is 15.2 Å². The lowest BCUT2D eigenvalue weighted by Crippen LogP contribution is -2.13. The maximum atomic E-state index is 9.50. The molecule has 18 heavy (non-hydrogen) atoms. The molecule has 1 unspecified atom stereocenters. The first-order valence-corrected chi connectivity index (χ1v) is 7.16. The zero-order chi connectivity index (χ0) is 13.0. The smallest absolute Gasteiger partial charge is 0.120 e. The summed E-state index contributed by atoms with van der Waals surface area (Å²) in [6.45, 7) is 0.0380. The Kier molecular flexibility index (Phi) is 4.63. The number of nitrogens with one attached hydrogen (secondary N) is 1. The highest BCUT2D eigenvalue weighted by atomic mass is 79.9. The Morgan fingerprint density at radius 3 is 2.89 bits per heavy atom. The third-order valence-corrected chi connectivity index (χ3v) is 4.54. The van der Waals surface area contributed by atoms with Crippen LogP contribution in [0.3, 0.4) is 0 Å². The molecular weight excluding hydrogens is 314 g/mol. The zero-order valence-corrected chi connectivity index (χ0v) is 12.3. The normalized spacial score (nSPS) is 12.2. The third kappa shape index (κ3) is 3.04. The number of rotatable bonds is 5. The summed E-state index contributed by atoms with van der Waals surface area (Å²) in [6.07, 6.45) is 0. The Morgan fingerprint density at radius 2 is 2.28 bits per heavy atom. The molecule has 0 spiro atoms. The molecule has 0 aliphatic rings. The second kappa shape index (κ2) is 6.22. The van der Waals surface area contributed by atoms with Crippen molar-refractivity contribution < 1.29 is 9.84 Å². The van der Waals surface area contributed by atoms with E-state index in [1.165, 1.54) is 0 Å². The number of benzene rings is 1. The zero-order valence-electron chi connectivity index (χ0n) is 9.89. The van der Waals surface area contributed by atoms with Gasteiger partial charge >= 0.3 is 0 Å². The largest absolute Gasteiger partial charge is 0.497 e. The van der Waals surface area contributed by atoms with Gasteiger partial charge in [0.1, 0.15) is 5.75 Å². The van der Waals surface area contributed by atoms with Gasteiger partial charge in [-0.15, -0.1) is 11.3 Å². The summed E-state index contributed by atoms with van der Waals surface area (Å²) in [6, 6.07) is 9.53. The second-order valence-electron chi connectivity index (χ2n) is 3.74. The van der Waals surface area contributed by atoms with Gasteiger partial charge in [0.2, 0.25) is 0 Å². The van der Waals surface area contributed by atoms with E-state index in [-0.39, 0.29) is 12.6 Å². The highest BCUT2D eigenvalue weighted by Crippen LogP contribution is 2.31. The number of halogens is 1. The van der Waals surface area contributed by atoms with E-state index in [4.69, 9.17) is 4.74 Å². The van der Waals surface area contributed by atoms with Gasteiger partial charge in [0, 0.05) is 21.1 Å². The second-order valence-corrected chi connectivity index (χ2v) is 5.55. The molecule has 0 fully saturated rings. The Balaban J connectivity index is 2.18. The molecule has 2 rings (SSSR count). The first-order valence-electron chi connectivity index (χ1n) is 5.49. The predicted molar refractivity (Wildman–Crippen MR) is 78.5 cm³/mol. The fraction of sp³-hybridized carbons (Fsp3) is 0.231. The number of hydrogen-bond acceptors (Lipinski definition) is 4. The molecule has 1 heterocycles. The highest BCUT2D eigenvalue weighted by molar-refractivity contribution is 9.10. The van der Waals surface area contributed by atoms with E-state index >= 15 is 0 Å². The van der Waals surface area contributed by atoms with Gasteiger partial charge in [0.25, 0.3) is 0 Å². The van der Waals surface area contributed by atoms with E-state index in [0.717, 1.165) is 20.8 Å². The molecule has 0 amide bonds. The SMILES string of the molecule is COc1cccc(NC(CO)c2sccc2Br)c1. The molecule has 0 saturated carbocycles. The van der Waals surface area contributed by atoms with Crippen LogP contribution in [-0.4, -0.2) is 18.8 Å². The molecular formula is C13H14BrNO2S. The lowest BCUT2D eigenvalue weighted by Gasteiger charge is -2.17. The van der Waals surface area contributed by atoms with Crippen molar-refractivity contribution in [2.24, 2.45) is 0 Å². The van der Waals surface area contributed by atoms with E-state index in [1.807, 2.05) is 35.7 Å². The number of methoxy groups -OCH3 is 1. The molecule has 2 aromatic rings. The fourth-order valence-corrected chi connectivity index (χ4v) is 3.36. The van der Waals surface area contributed by atoms with Crippen LogP contribution in [0.25, 0.3) is 0 Å². The highest BCUT2D eigenvalue weighted by Gasteiger charge is 2.15. The maximum absolute atomic E-state index is 9.50. The average Bonchev–Trinajstić information content (AvgIpc) is 2.82. The number of aliphatic hydroxyl groups is 1. The van der Waals surface area contributed by atoms with Crippen LogP contribution in [0.15, 0.2) is 40.2 Å². The van der Waals surface area contributed by atoms with Crippen molar-refractivity contribution in [1.82, 2.24) is 0 Å². The molecule has 1 atom stereocenters. The van der Waals surface area contributed by atoms with E-state index in [1.54, 1.807) is 18.4 Å². The van der Waals surface area contributed by atoms with E-state index in [9.17, 15) is 5.11 Å². The number of ether oxygens (including phenoxy) is 1. The van der Waals surface area contributed by atoms with Crippen molar-refractivity contribution in [3.63, 3.8) is 0 Å². The minimum absolute atomic E-state index is 0.0380. The molecule has 5 heteroatoms. The van der Waals surface area contributed by atoms with E-state index in [0.29, 0.717) is 0 Å². The molecule has 0 aliphatic carbocycles. The van der Waals surface area contributed by atoms with Crippen molar-refractivity contribution in [1.29, 1.82) is 0 Å². The first-order chi connectivity index (χ1) is 8.74. The number of hydrogen-bond donors (Lipinski definition) is 2. The number of anilines is 1. The van der Waals surface area contributed by atoms with Crippen LogP contribution < -0.4 is 10.1 Å². The molecule has 1 aromatic carbocycles. The Hall–Kier alpha value is -1.04. The van der Waals surface area contributed by atoms with Gasteiger partial charge in [-0.1, -0.05) is 6.07 Å². The summed E-state index contributed by atoms with van der Waals surface area (Å²) in [5.41, 5.74) is 0.925. The Bertz CT molecular complexity index is 515. The molecule has 2 N–H and O–H groups in total. The van der Waals surface area contributed by atoms with Gasteiger partial charge in [-0.05, 0) is 39.5 Å². The van der Waals surface area contributed by atoms with Crippen LogP contribution in [0, 0.1) is 0 Å². The number of thiophene rings is 1. The van der Waals surface area contributed by atoms with Crippen LogP contribution in [0.4, 0.5) is 5.69 Å². The van der Waals surface area contributed by atoms with Gasteiger partial charge in [0.05, 0.1) is 19.8 Å². The molecule has 0 radical (unpaired) electrons. The summed E-state index contributed by atoms with van der Waals surface area (Å²) < 4.78 is 6.19. The van der Waals surface area contributed by atoms with Gasteiger partial charge in [-0.3, -0.25) is 0 Å². The predicted octanol–water partition coefficient (Wildman–Crippen LogP) is 3.66. The minimum Gasteiger partial charge on any atom is -0.497 e. The Labute approximate surface area is 119 Å². The van der Waals surface area contributed by atoms with Crippen LogP contribution in [-0.2, 0) is 0 Å². The maximum Gasteiger partial charge on any atom is 0.120 e. The monoisotopic (exact) mass is 327 g/mol. The first kappa shape index (κ1) is 13.4. The van der Waals surface area contributed by atoms with Gasteiger partial charge in [-0.25, -0.2) is 0 Å². The summed E-state index contributed by atoms with van der Waals surface area (Å²) in [4.78, 5) is 1.08. The topological polar surface area (TPSA) is 41.5 Å². The van der Waals surface area contributed by atoms with E-state index in [2.05, 4.69) is 21.2 Å². The molecule has 0 bridgehead atoms. The summed E-state index contributed by atoms with van der Waals surface area (Å²) in [5.74, 6) is 0.793. The molecule has 96 valence electrons. The van der Waals surface area contributed by atoms with E-state index < -0.39 is 0 Å². The fourth-order valence-electron chi connectivity index (χ4n) is 1.66. The minimum atomic E-state index is -0.119. The third-order valence-electron chi connectivity index (χ3n) is 2.55. The van der Waals surface area contributed by atoms with Crippen LogP contribution in [0.5, 0.6) is 5.75 Å². The molecule has 0 saturated heterocycles. The van der Waals surface area contributed by atoms with Gasteiger partial charge in [0.15, 0.2) is 0 Å². The lowest BCUT2D eigenvalue weighted by atomic mass is 10.2. The van der Waals surface area contributed by atoms with Crippen LogP contribution >= 0.6 is 27.3 Å². The summed E-state index contributed by atoms with van der Waals surface area (Å²) in [5, 5.41) is 14.8. The van der Waals surface area contributed by atoms with Crippen LogP contribution in [0.2, 0.25) is 0 Å². The van der Waals surface area contributed by atoms with Crippen molar-refractivity contribution in [2.75, 3.05) is 19.0 Å². The molecule has 0 aliphatic heterocycles. The quantitative estimate of drug-likeness (QED) is 0.880. The Morgan fingerprint density at radius 1 is 1.44 bits per heavy atom. The van der Waals surface area contributed by atoms with Crippen molar-refractivity contribution in [3.8, 4) is 5.75 Å². The summed E-state index contributed by atoms with van der Waals surface area (Å²) in [7, 11) is 1.64. The number of aliphatic hydroxyl groups excluding tert-OH is 1. The van der Waals surface area contributed by atoms with Crippen molar-refractivity contribution >= 4 is 33.0 Å². The van der Waals surface area contributed by atoms with Crippen molar-refractivity contribution in [2.45, 2.75) is 6.04 Å². The lowest BCUT2D eigenvalue weighted by molar-refractivity contribution is 0.277. The molecule has 1 aromatic heterocycles. The van der Waals surface area contributed by atoms with Crippen molar-refractivity contribution in [3.05, 3.63) is 45.1 Å². The average molecular weight is 328 g/mol. The summed E-state index contributed by atoms with van der Waals surface area (Å²) >= 11 is 5.09. The molecule has 3 nitrogen and oxygen atoms in total.